The van der Waals surface area contributed by atoms with Crippen molar-refractivity contribution in [3.8, 4) is 27.9 Å². The Morgan fingerprint density at radius 3 is 2.58 bits per heavy atom. The molecule has 0 saturated carbocycles. The molecule has 6 rings (SSSR count). The highest BCUT2D eigenvalue weighted by molar-refractivity contribution is 6.31. The number of aromatic nitrogens is 9. The fourth-order valence-electron chi connectivity index (χ4n) is 4.74. The number of carbonyl (C=O) groups excluding carboxylic acids is 1. The van der Waals surface area contributed by atoms with Gasteiger partial charge in [-0.15, -0.1) is 4.68 Å². The SMILES string of the molecule is COC(=O)Nc1ccc(-c2cnn([C@H](Cc3ccn(C)n3)c3ccc(-c4c(-[n+]5cnn[nH]5)ccc(Cl)c4F)cn3)c2)cc1. The Morgan fingerprint density at radius 1 is 1.09 bits per heavy atom. The zero-order valence-electron chi connectivity index (χ0n) is 23.0. The summed E-state index contributed by atoms with van der Waals surface area (Å²) in [6.45, 7) is 0. The van der Waals surface area contributed by atoms with Gasteiger partial charge in [0.1, 0.15) is 10.8 Å². The smallest absolute Gasteiger partial charge is 0.411 e. The van der Waals surface area contributed by atoms with Gasteiger partial charge in [-0.2, -0.15) is 10.2 Å². The van der Waals surface area contributed by atoms with Crippen molar-refractivity contribution in [2.75, 3.05) is 12.4 Å². The van der Waals surface area contributed by atoms with Gasteiger partial charge in [0.15, 0.2) is 11.0 Å². The molecule has 2 N–H and O–H groups in total. The summed E-state index contributed by atoms with van der Waals surface area (Å²) in [7, 11) is 3.17. The summed E-state index contributed by atoms with van der Waals surface area (Å²) in [6.07, 6.45) is 8.61. The van der Waals surface area contributed by atoms with E-state index in [1.165, 1.54) is 24.2 Å². The van der Waals surface area contributed by atoms with Crippen LogP contribution in [0.2, 0.25) is 5.02 Å². The largest absolute Gasteiger partial charge is 0.453 e. The topological polar surface area (TPSA) is 132 Å². The zero-order chi connectivity index (χ0) is 29.9. The van der Waals surface area contributed by atoms with E-state index in [1.54, 1.807) is 41.3 Å². The van der Waals surface area contributed by atoms with Crippen molar-refractivity contribution in [1.82, 2.24) is 40.1 Å². The summed E-state index contributed by atoms with van der Waals surface area (Å²) < 4.78 is 25.1. The first-order valence-electron chi connectivity index (χ1n) is 13.1. The molecule has 6 aromatic rings. The minimum absolute atomic E-state index is 0.0119. The Kier molecular flexibility index (Phi) is 7.62. The number of anilines is 1. The standard InChI is InChI=1S/C29H24ClFN10O2/c1-39-12-11-22(36-39)13-26(40-16-20(15-34-40)18-3-6-21(7-4-18)35-29(42)43-2)24-9-5-19(14-32-24)27-25(41-17-33-37-38-41)10-8-23(30)28(27)31/h3-12,14-17,26H,13H2,1-2H3,(H,35,42)/p+1/t26-/m1/s1. The number of aryl methyl sites for hydroxylation is 1. The number of halogens is 2. The van der Waals surface area contributed by atoms with Crippen molar-refractivity contribution in [2.24, 2.45) is 7.05 Å². The van der Waals surface area contributed by atoms with Crippen LogP contribution in [-0.4, -0.2) is 53.3 Å². The molecule has 0 unspecified atom stereocenters. The quantitative estimate of drug-likeness (QED) is 0.245. The lowest BCUT2D eigenvalue weighted by molar-refractivity contribution is -0.659. The van der Waals surface area contributed by atoms with E-state index in [0.717, 1.165) is 16.8 Å². The maximum Gasteiger partial charge on any atom is 0.411 e. The summed E-state index contributed by atoms with van der Waals surface area (Å²) in [4.78, 5) is 16.3. The van der Waals surface area contributed by atoms with Gasteiger partial charge in [-0.3, -0.25) is 19.7 Å². The lowest BCUT2D eigenvalue weighted by Gasteiger charge is -2.17. The lowest BCUT2D eigenvalue weighted by Crippen LogP contribution is -2.33. The molecule has 12 nitrogen and oxygen atoms in total. The number of benzene rings is 2. The first kappa shape index (κ1) is 27.7. The van der Waals surface area contributed by atoms with Crippen molar-refractivity contribution < 1.29 is 18.6 Å². The molecule has 0 radical (unpaired) electrons. The highest BCUT2D eigenvalue weighted by Gasteiger charge is 2.23. The molecule has 4 heterocycles. The van der Waals surface area contributed by atoms with Crippen molar-refractivity contribution >= 4 is 23.4 Å². The Morgan fingerprint density at radius 2 is 1.91 bits per heavy atom. The number of pyridine rings is 1. The van der Waals surface area contributed by atoms with E-state index in [2.05, 4.69) is 35.8 Å². The molecule has 4 aromatic heterocycles. The molecular formula is C29H25ClFN10O2+. The van der Waals surface area contributed by atoms with E-state index in [9.17, 15) is 4.79 Å². The summed E-state index contributed by atoms with van der Waals surface area (Å²) in [6, 6.07) is 15.8. The average molecular weight is 600 g/mol. The minimum atomic E-state index is -0.578. The summed E-state index contributed by atoms with van der Waals surface area (Å²) in [5.41, 5.74) is 5.24. The third-order valence-electron chi connectivity index (χ3n) is 6.87. The lowest BCUT2D eigenvalue weighted by atomic mass is 10.0. The van der Waals surface area contributed by atoms with Crippen LogP contribution in [0.25, 0.3) is 27.9 Å². The van der Waals surface area contributed by atoms with Crippen LogP contribution in [0.3, 0.4) is 0 Å². The summed E-state index contributed by atoms with van der Waals surface area (Å²) >= 11 is 6.15. The van der Waals surface area contributed by atoms with Crippen LogP contribution >= 0.6 is 11.6 Å². The highest BCUT2D eigenvalue weighted by Crippen LogP contribution is 2.32. The number of amides is 1. The van der Waals surface area contributed by atoms with Crippen LogP contribution in [0.1, 0.15) is 17.4 Å². The molecule has 0 aliphatic rings. The first-order chi connectivity index (χ1) is 20.9. The molecule has 43 heavy (non-hydrogen) atoms. The van der Waals surface area contributed by atoms with Crippen molar-refractivity contribution in [3.05, 3.63) is 108 Å². The van der Waals surface area contributed by atoms with Crippen LogP contribution in [0.4, 0.5) is 14.9 Å². The number of tetrazole rings is 1. The second kappa shape index (κ2) is 11.8. The Hall–Kier alpha value is -5.43. The number of aromatic amines is 1. The molecule has 0 spiro atoms. The number of ether oxygens (including phenoxy) is 1. The summed E-state index contributed by atoms with van der Waals surface area (Å²) in [5.74, 6) is -0.578. The minimum Gasteiger partial charge on any atom is -0.453 e. The monoisotopic (exact) mass is 599 g/mol. The maximum absolute atomic E-state index is 15.3. The van der Waals surface area contributed by atoms with Gasteiger partial charge in [0.2, 0.25) is 0 Å². The highest BCUT2D eigenvalue weighted by atomic mass is 35.5. The first-order valence-corrected chi connectivity index (χ1v) is 13.5. The Bertz CT molecular complexity index is 1870. The molecule has 0 aliphatic carbocycles. The van der Waals surface area contributed by atoms with Gasteiger partial charge in [0.25, 0.3) is 6.33 Å². The van der Waals surface area contributed by atoms with Gasteiger partial charge in [-0.1, -0.05) is 35.0 Å². The fourth-order valence-corrected chi connectivity index (χ4v) is 4.89. The predicted octanol–water partition coefficient (Wildman–Crippen LogP) is 4.54. The second-order valence-corrected chi connectivity index (χ2v) is 10.0. The number of carbonyl (C=O) groups is 1. The number of nitrogens with zero attached hydrogens (tertiary/aromatic N) is 8. The zero-order valence-corrected chi connectivity index (χ0v) is 23.8. The van der Waals surface area contributed by atoms with Gasteiger partial charge >= 0.3 is 6.09 Å². The van der Waals surface area contributed by atoms with E-state index in [0.29, 0.717) is 29.1 Å². The summed E-state index contributed by atoms with van der Waals surface area (Å²) in [5, 5.41) is 22.1. The van der Waals surface area contributed by atoms with Crippen LogP contribution in [-0.2, 0) is 18.2 Å². The maximum atomic E-state index is 15.3. The molecule has 14 heteroatoms. The van der Waals surface area contributed by atoms with Gasteiger partial charge < -0.3 is 4.74 Å². The molecule has 0 aliphatic heterocycles. The Balaban J connectivity index is 1.34. The van der Waals surface area contributed by atoms with Crippen molar-refractivity contribution in [2.45, 2.75) is 12.5 Å². The van der Waals surface area contributed by atoms with Gasteiger partial charge in [0, 0.05) is 48.9 Å². The van der Waals surface area contributed by atoms with Gasteiger partial charge in [-0.25, -0.2) is 9.18 Å². The van der Waals surface area contributed by atoms with Crippen LogP contribution in [0, 0.1) is 5.82 Å². The van der Waals surface area contributed by atoms with Gasteiger partial charge in [-0.05, 0) is 42.0 Å². The number of hydrogen-bond donors (Lipinski definition) is 2. The molecule has 216 valence electrons. The molecule has 0 saturated heterocycles. The van der Waals surface area contributed by atoms with Crippen LogP contribution in [0.15, 0.2) is 85.7 Å². The Labute approximate surface area is 249 Å². The third-order valence-corrected chi connectivity index (χ3v) is 7.16. The van der Waals surface area contributed by atoms with E-state index >= 15 is 4.39 Å². The van der Waals surface area contributed by atoms with E-state index in [4.69, 9.17) is 16.6 Å². The molecule has 1 amide bonds. The molecule has 0 fully saturated rings. The van der Waals surface area contributed by atoms with Crippen molar-refractivity contribution in [1.29, 1.82) is 0 Å². The number of methoxy groups -OCH3 is 1. The number of hydrogen-bond acceptors (Lipinski definition) is 7. The van der Waals surface area contributed by atoms with Gasteiger partial charge in [0.05, 0.1) is 41.3 Å². The van der Waals surface area contributed by atoms with Crippen LogP contribution in [0.5, 0.6) is 0 Å². The van der Waals surface area contributed by atoms with E-state index in [1.807, 2.05) is 48.4 Å². The molecule has 1 atom stereocenters. The normalized spacial score (nSPS) is 11.8. The van der Waals surface area contributed by atoms with E-state index < -0.39 is 11.9 Å². The molecular weight excluding hydrogens is 575 g/mol. The number of nitrogens with one attached hydrogen (secondary N) is 2. The molecule has 2 aromatic carbocycles. The third kappa shape index (κ3) is 5.83. The number of H-pyrrole nitrogens is 1. The average Bonchev–Trinajstić information content (AvgIpc) is 3.81. The predicted molar refractivity (Wildman–Crippen MR) is 155 cm³/mol. The molecule has 0 bridgehead atoms. The van der Waals surface area contributed by atoms with Crippen molar-refractivity contribution in [3.63, 3.8) is 0 Å². The fraction of sp³-hybridized carbons (Fsp3) is 0.138. The second-order valence-electron chi connectivity index (χ2n) is 9.63. The number of rotatable bonds is 8. The van der Waals surface area contributed by atoms with E-state index in [-0.39, 0.29) is 16.6 Å². The van der Waals surface area contributed by atoms with Crippen LogP contribution < -0.4 is 10.00 Å².